The lowest BCUT2D eigenvalue weighted by molar-refractivity contribution is 0.0172. The van der Waals surface area contributed by atoms with Crippen LogP contribution in [0, 0.1) is 0 Å². The second kappa shape index (κ2) is 9.49. The number of sulfonamides is 1. The fourth-order valence-electron chi connectivity index (χ4n) is 3.33. The number of Topliss-reactive ketones (excluding diaryl/α,β-unsaturated/α-hetero) is 1. The van der Waals surface area contributed by atoms with Gasteiger partial charge in [-0.1, -0.05) is 24.3 Å². The molecule has 2 aromatic carbocycles. The van der Waals surface area contributed by atoms with E-state index in [1.54, 1.807) is 19.2 Å². The van der Waals surface area contributed by atoms with Gasteiger partial charge in [0, 0.05) is 31.2 Å². The number of nitrogens with zero attached hydrogens (tertiary/aromatic N) is 1. The molecule has 0 spiro atoms. The molecule has 29 heavy (non-hydrogen) atoms. The average Bonchev–Trinajstić information content (AvgIpc) is 2.75. The van der Waals surface area contributed by atoms with Crippen LogP contribution in [0.5, 0.6) is 5.75 Å². The van der Waals surface area contributed by atoms with Gasteiger partial charge in [-0.15, -0.1) is 0 Å². The van der Waals surface area contributed by atoms with E-state index in [0.29, 0.717) is 18.8 Å². The van der Waals surface area contributed by atoms with Crippen molar-refractivity contribution in [3.05, 3.63) is 59.7 Å². The lowest BCUT2D eigenvalue weighted by atomic mass is 10.0. The summed E-state index contributed by atoms with van der Waals surface area (Å²) in [4.78, 5) is 13.9. The highest BCUT2D eigenvalue weighted by Gasteiger charge is 2.25. The number of nitrogens with one attached hydrogen (secondary N) is 1. The molecule has 1 heterocycles. The predicted molar refractivity (Wildman–Crippen MR) is 110 cm³/mol. The van der Waals surface area contributed by atoms with Crippen LogP contribution in [0.1, 0.15) is 28.9 Å². The number of ether oxygens (including phenoxy) is 2. The van der Waals surface area contributed by atoms with Crippen LogP contribution >= 0.6 is 0 Å². The van der Waals surface area contributed by atoms with Crippen molar-refractivity contribution in [3.63, 3.8) is 0 Å². The first-order valence-electron chi connectivity index (χ1n) is 9.47. The zero-order valence-electron chi connectivity index (χ0n) is 16.6. The normalized spacial score (nSPS) is 16.3. The molecule has 1 aliphatic rings. The van der Waals surface area contributed by atoms with Gasteiger partial charge in [-0.3, -0.25) is 9.69 Å². The molecule has 1 atom stereocenters. The van der Waals surface area contributed by atoms with E-state index in [0.717, 1.165) is 24.4 Å². The maximum absolute atomic E-state index is 12.8. The van der Waals surface area contributed by atoms with E-state index in [4.69, 9.17) is 9.47 Å². The summed E-state index contributed by atoms with van der Waals surface area (Å²) in [7, 11) is -2.15. The maximum Gasteiger partial charge on any atom is 0.240 e. The Labute approximate surface area is 171 Å². The first kappa shape index (κ1) is 21.4. The fraction of sp³-hybridized carbons (Fsp3) is 0.381. The minimum Gasteiger partial charge on any atom is -0.497 e. The van der Waals surface area contributed by atoms with Gasteiger partial charge < -0.3 is 9.47 Å². The number of morpholine rings is 1. The van der Waals surface area contributed by atoms with E-state index >= 15 is 0 Å². The molecule has 2 aromatic rings. The number of benzene rings is 2. The van der Waals surface area contributed by atoms with Gasteiger partial charge in [-0.25, -0.2) is 13.1 Å². The van der Waals surface area contributed by atoms with Crippen molar-refractivity contribution in [2.45, 2.75) is 17.9 Å². The summed E-state index contributed by atoms with van der Waals surface area (Å²) in [6.07, 6.45) is 0. The van der Waals surface area contributed by atoms with Crippen molar-refractivity contribution >= 4 is 15.8 Å². The van der Waals surface area contributed by atoms with Gasteiger partial charge in [-0.2, -0.15) is 0 Å². The van der Waals surface area contributed by atoms with Crippen LogP contribution in [0.15, 0.2) is 53.4 Å². The van der Waals surface area contributed by atoms with Gasteiger partial charge in [0.2, 0.25) is 10.0 Å². The zero-order chi connectivity index (χ0) is 20.9. The topological polar surface area (TPSA) is 84.9 Å². The lowest BCUT2D eigenvalue weighted by Gasteiger charge is -2.35. The van der Waals surface area contributed by atoms with Crippen molar-refractivity contribution in [1.29, 1.82) is 0 Å². The molecule has 1 saturated heterocycles. The molecule has 156 valence electrons. The molecule has 1 aliphatic heterocycles. The molecule has 0 radical (unpaired) electrons. The monoisotopic (exact) mass is 418 g/mol. The Bertz CT molecular complexity index is 938. The van der Waals surface area contributed by atoms with E-state index in [1.807, 2.05) is 24.3 Å². The molecule has 7 nitrogen and oxygen atoms in total. The van der Waals surface area contributed by atoms with Gasteiger partial charge in [-0.05, 0) is 36.8 Å². The van der Waals surface area contributed by atoms with Gasteiger partial charge in [0.15, 0.2) is 5.78 Å². The molecule has 0 aromatic heterocycles. The van der Waals surface area contributed by atoms with E-state index < -0.39 is 10.0 Å². The van der Waals surface area contributed by atoms with Crippen molar-refractivity contribution in [1.82, 2.24) is 9.62 Å². The summed E-state index contributed by atoms with van der Waals surface area (Å²) in [5.74, 6) is 0.572. The van der Waals surface area contributed by atoms with Crippen LogP contribution in [0.25, 0.3) is 0 Å². The number of hydrogen-bond acceptors (Lipinski definition) is 6. The van der Waals surface area contributed by atoms with Crippen molar-refractivity contribution in [3.8, 4) is 5.75 Å². The maximum atomic E-state index is 12.8. The third kappa shape index (κ3) is 5.42. The highest BCUT2D eigenvalue weighted by Crippen LogP contribution is 2.24. The summed E-state index contributed by atoms with van der Waals surface area (Å²) in [6, 6.07) is 13.6. The number of ketones is 1. The molecular formula is C21H26N2O5S. The minimum absolute atomic E-state index is 0.0839. The third-order valence-electron chi connectivity index (χ3n) is 5.00. The number of methoxy groups -OCH3 is 1. The van der Waals surface area contributed by atoms with Gasteiger partial charge in [0.25, 0.3) is 0 Å². The van der Waals surface area contributed by atoms with Gasteiger partial charge in [0.05, 0.1) is 25.2 Å². The smallest absolute Gasteiger partial charge is 0.240 e. The molecule has 8 heteroatoms. The van der Waals surface area contributed by atoms with Crippen molar-refractivity contribution < 1.29 is 22.7 Å². The van der Waals surface area contributed by atoms with Crippen LogP contribution in [-0.4, -0.2) is 59.1 Å². The average molecular weight is 419 g/mol. The van der Waals surface area contributed by atoms with Crippen molar-refractivity contribution in [2.75, 3.05) is 40.0 Å². The molecule has 1 unspecified atom stereocenters. The first-order valence-corrected chi connectivity index (χ1v) is 11.0. The Kier molecular flexibility index (Phi) is 7.02. The van der Waals surface area contributed by atoms with Gasteiger partial charge in [0.1, 0.15) is 5.75 Å². The summed E-state index contributed by atoms with van der Waals surface area (Å²) in [5.41, 5.74) is 1.36. The molecule has 3 rings (SSSR count). The summed E-state index contributed by atoms with van der Waals surface area (Å²) >= 11 is 0. The number of carbonyl (C=O) groups excluding carboxylic acids is 1. The van der Waals surface area contributed by atoms with E-state index in [-0.39, 0.29) is 23.3 Å². The Hall–Kier alpha value is -2.26. The lowest BCUT2D eigenvalue weighted by Crippen LogP contribution is -2.43. The van der Waals surface area contributed by atoms with E-state index in [2.05, 4.69) is 9.62 Å². The Morgan fingerprint density at radius 2 is 1.86 bits per heavy atom. The molecule has 0 saturated carbocycles. The van der Waals surface area contributed by atoms with E-state index in [9.17, 15) is 13.2 Å². The Morgan fingerprint density at radius 1 is 1.17 bits per heavy atom. The first-order chi connectivity index (χ1) is 13.9. The Balaban J connectivity index is 1.81. The van der Waals surface area contributed by atoms with E-state index in [1.165, 1.54) is 19.1 Å². The third-order valence-corrected chi connectivity index (χ3v) is 6.43. The van der Waals surface area contributed by atoms with Crippen LogP contribution in [0.3, 0.4) is 0 Å². The number of rotatable bonds is 8. The van der Waals surface area contributed by atoms with Crippen LogP contribution in [-0.2, 0) is 14.8 Å². The number of carbonyl (C=O) groups is 1. The molecule has 1 fully saturated rings. The summed E-state index contributed by atoms with van der Waals surface area (Å²) in [5, 5.41) is 0. The van der Waals surface area contributed by atoms with Gasteiger partial charge >= 0.3 is 0 Å². The molecule has 0 amide bonds. The standard InChI is InChI=1S/C21H26N2O5S/c1-16(24)18-4-3-5-20(14-18)29(25,26)22-15-21(23-10-12-28-13-11-23)17-6-8-19(27-2)9-7-17/h3-9,14,21-22H,10-13,15H2,1-2H3. The zero-order valence-corrected chi connectivity index (χ0v) is 17.4. The second-order valence-electron chi connectivity index (χ2n) is 6.87. The van der Waals surface area contributed by atoms with Crippen LogP contribution < -0.4 is 9.46 Å². The largest absolute Gasteiger partial charge is 0.497 e. The molecule has 0 aliphatic carbocycles. The highest BCUT2D eigenvalue weighted by atomic mass is 32.2. The molecular weight excluding hydrogens is 392 g/mol. The van der Waals surface area contributed by atoms with Crippen LogP contribution in [0.2, 0.25) is 0 Å². The summed E-state index contributed by atoms with van der Waals surface area (Å²) < 4.78 is 39.1. The highest BCUT2D eigenvalue weighted by molar-refractivity contribution is 7.89. The van der Waals surface area contributed by atoms with Crippen LogP contribution in [0.4, 0.5) is 0 Å². The molecule has 1 N–H and O–H groups in total. The molecule has 0 bridgehead atoms. The second-order valence-corrected chi connectivity index (χ2v) is 8.64. The fourth-order valence-corrected chi connectivity index (χ4v) is 4.41. The minimum atomic E-state index is -3.76. The Morgan fingerprint density at radius 3 is 2.48 bits per heavy atom. The SMILES string of the molecule is COc1ccc(C(CNS(=O)(=O)c2cccc(C(C)=O)c2)N2CCOCC2)cc1. The quantitative estimate of drug-likeness (QED) is 0.662. The number of hydrogen-bond donors (Lipinski definition) is 1. The predicted octanol–water partition coefficient (Wildman–Crippen LogP) is 2.25. The van der Waals surface area contributed by atoms with Crippen molar-refractivity contribution in [2.24, 2.45) is 0 Å². The summed E-state index contributed by atoms with van der Waals surface area (Å²) in [6.45, 7) is 4.28.